The summed E-state index contributed by atoms with van der Waals surface area (Å²) < 4.78 is 0. The molecule has 21 heavy (non-hydrogen) atoms. The van der Waals surface area contributed by atoms with Crippen LogP contribution in [0.4, 0.5) is 0 Å². The molecule has 0 aliphatic carbocycles. The van der Waals surface area contributed by atoms with E-state index in [1.807, 2.05) is 14.1 Å². The number of rotatable bonds is 3. The highest BCUT2D eigenvalue weighted by molar-refractivity contribution is 5.85. The van der Waals surface area contributed by atoms with E-state index in [2.05, 4.69) is 29.0 Å². The number of hydrogen-bond acceptors (Lipinski definition) is 3. The number of carbonyl (C=O) groups is 1. The van der Waals surface area contributed by atoms with Gasteiger partial charge in [0.15, 0.2) is 0 Å². The quantitative estimate of drug-likeness (QED) is 0.852. The molecule has 4 nitrogen and oxygen atoms in total. The summed E-state index contributed by atoms with van der Waals surface area (Å²) in [6.07, 6.45) is 2.34. The van der Waals surface area contributed by atoms with Gasteiger partial charge in [-0.1, -0.05) is 13.8 Å². The van der Waals surface area contributed by atoms with Gasteiger partial charge in [0.05, 0.1) is 6.04 Å². The molecule has 0 saturated carbocycles. The number of likely N-dealkylation sites (N-methyl/N-ethyl adjacent to an activating group) is 1. The molecular weight excluding hydrogens is 309 g/mol. The van der Waals surface area contributed by atoms with Crippen LogP contribution in [0.15, 0.2) is 0 Å². The zero-order valence-corrected chi connectivity index (χ0v) is 15.3. The normalized spacial score (nSPS) is 26.7. The van der Waals surface area contributed by atoms with Gasteiger partial charge in [0.25, 0.3) is 0 Å². The number of nitrogens with zero attached hydrogens (tertiary/aromatic N) is 2. The minimum Gasteiger partial charge on any atom is -0.341 e. The Labute approximate surface area is 141 Å². The molecule has 126 valence electrons. The molecule has 2 aliphatic heterocycles. The Morgan fingerprint density at radius 2 is 1.57 bits per heavy atom. The maximum absolute atomic E-state index is 12.7. The number of amides is 1. The fourth-order valence-corrected chi connectivity index (χ4v) is 3.73. The van der Waals surface area contributed by atoms with E-state index in [-0.39, 0.29) is 30.9 Å². The van der Waals surface area contributed by atoms with Crippen LogP contribution >= 0.6 is 24.8 Å². The number of likely N-dealkylation sites (tertiary alicyclic amines) is 1. The summed E-state index contributed by atoms with van der Waals surface area (Å²) in [7, 11) is 4.03. The third-order valence-electron chi connectivity index (χ3n) is 4.77. The van der Waals surface area contributed by atoms with Crippen molar-refractivity contribution < 1.29 is 4.79 Å². The first kappa shape index (κ1) is 21.0. The first-order valence-electron chi connectivity index (χ1n) is 7.66. The molecule has 0 aromatic carbocycles. The highest BCUT2D eigenvalue weighted by atomic mass is 35.5. The molecule has 0 spiro atoms. The van der Waals surface area contributed by atoms with Gasteiger partial charge >= 0.3 is 0 Å². The lowest BCUT2D eigenvalue weighted by molar-refractivity contribution is -0.137. The lowest BCUT2D eigenvalue weighted by Crippen LogP contribution is -2.49. The van der Waals surface area contributed by atoms with Gasteiger partial charge in [-0.05, 0) is 57.8 Å². The van der Waals surface area contributed by atoms with Crippen LogP contribution in [0.3, 0.4) is 0 Å². The van der Waals surface area contributed by atoms with Gasteiger partial charge in [-0.15, -0.1) is 24.8 Å². The minimum absolute atomic E-state index is 0. The topological polar surface area (TPSA) is 35.6 Å². The fraction of sp³-hybridized carbons (Fsp3) is 0.933. The zero-order chi connectivity index (χ0) is 14.0. The van der Waals surface area contributed by atoms with E-state index in [1.165, 1.54) is 12.8 Å². The van der Waals surface area contributed by atoms with E-state index in [1.54, 1.807) is 0 Å². The third-order valence-corrected chi connectivity index (χ3v) is 4.77. The standard InChI is InChI=1S/C15H29N3O.2ClH/c1-11(2)14(17(3)4)15(19)18-7-5-12-9-16-10-13(12)6-8-18;;/h11-14,16H,5-10H2,1-4H3;2*1H/t12-,13+,14?;;. The Balaban J connectivity index is 0.00000200. The Bertz CT molecular complexity index is 304. The predicted octanol–water partition coefficient (Wildman–Crippen LogP) is 1.87. The highest BCUT2D eigenvalue weighted by Crippen LogP contribution is 2.27. The smallest absolute Gasteiger partial charge is 0.240 e. The van der Waals surface area contributed by atoms with Crippen LogP contribution in [0.5, 0.6) is 0 Å². The lowest BCUT2D eigenvalue weighted by atomic mass is 9.92. The van der Waals surface area contributed by atoms with Crippen LogP contribution in [0.1, 0.15) is 26.7 Å². The van der Waals surface area contributed by atoms with Crippen molar-refractivity contribution in [3.05, 3.63) is 0 Å². The van der Waals surface area contributed by atoms with Gasteiger partial charge in [0.1, 0.15) is 0 Å². The molecule has 2 heterocycles. The second-order valence-electron chi connectivity index (χ2n) is 6.73. The summed E-state index contributed by atoms with van der Waals surface area (Å²) >= 11 is 0. The number of fused-ring (bicyclic) bond motifs is 1. The predicted molar refractivity (Wildman–Crippen MR) is 92.5 cm³/mol. The molecule has 2 saturated heterocycles. The van der Waals surface area contributed by atoms with Gasteiger partial charge in [-0.25, -0.2) is 0 Å². The molecule has 3 atom stereocenters. The zero-order valence-electron chi connectivity index (χ0n) is 13.7. The molecule has 1 unspecified atom stereocenters. The van der Waals surface area contributed by atoms with E-state index in [0.29, 0.717) is 11.8 Å². The van der Waals surface area contributed by atoms with Crippen LogP contribution < -0.4 is 5.32 Å². The number of hydrogen-bond donors (Lipinski definition) is 1. The highest BCUT2D eigenvalue weighted by Gasteiger charge is 2.34. The maximum Gasteiger partial charge on any atom is 0.240 e. The maximum atomic E-state index is 12.7. The van der Waals surface area contributed by atoms with Crippen molar-refractivity contribution >= 4 is 30.7 Å². The Morgan fingerprint density at radius 1 is 1.10 bits per heavy atom. The SMILES string of the molecule is CC(C)C(C(=O)N1CC[C@@H]2CNC[C@@H]2CC1)N(C)C.Cl.Cl. The van der Waals surface area contributed by atoms with Gasteiger partial charge in [-0.2, -0.15) is 0 Å². The monoisotopic (exact) mass is 339 g/mol. The van der Waals surface area contributed by atoms with Crippen molar-refractivity contribution in [2.24, 2.45) is 17.8 Å². The number of nitrogens with one attached hydrogen (secondary N) is 1. The Morgan fingerprint density at radius 3 is 1.95 bits per heavy atom. The molecule has 0 radical (unpaired) electrons. The van der Waals surface area contributed by atoms with Crippen LogP contribution in [0.25, 0.3) is 0 Å². The van der Waals surface area contributed by atoms with Gasteiger partial charge < -0.3 is 10.2 Å². The summed E-state index contributed by atoms with van der Waals surface area (Å²) in [5.74, 6) is 2.27. The van der Waals surface area contributed by atoms with Crippen molar-refractivity contribution in [2.45, 2.75) is 32.7 Å². The van der Waals surface area contributed by atoms with Crippen LogP contribution in [-0.4, -0.2) is 62.0 Å². The minimum atomic E-state index is 0. The van der Waals surface area contributed by atoms with E-state index >= 15 is 0 Å². The van der Waals surface area contributed by atoms with Crippen molar-refractivity contribution in [3.63, 3.8) is 0 Å². The Kier molecular flexibility index (Phi) is 9.17. The molecule has 2 rings (SSSR count). The van der Waals surface area contributed by atoms with Crippen LogP contribution in [0.2, 0.25) is 0 Å². The second-order valence-corrected chi connectivity index (χ2v) is 6.73. The average molecular weight is 340 g/mol. The molecule has 0 aromatic rings. The molecule has 0 bridgehead atoms. The lowest BCUT2D eigenvalue weighted by Gasteiger charge is -2.32. The molecule has 2 aliphatic rings. The average Bonchev–Trinajstić information content (AvgIpc) is 2.67. The molecule has 1 amide bonds. The van der Waals surface area contributed by atoms with E-state index in [0.717, 1.165) is 38.0 Å². The molecule has 6 heteroatoms. The molecular formula is C15H31Cl2N3O. The summed E-state index contributed by atoms with van der Waals surface area (Å²) in [6, 6.07) is 0.0241. The van der Waals surface area contributed by atoms with Crippen molar-refractivity contribution in [3.8, 4) is 0 Å². The summed E-state index contributed by atoms with van der Waals surface area (Å²) in [5.41, 5.74) is 0. The van der Waals surface area contributed by atoms with Crippen LogP contribution in [-0.2, 0) is 4.79 Å². The first-order chi connectivity index (χ1) is 9.00. The number of halogens is 2. The van der Waals surface area contributed by atoms with Gasteiger partial charge in [0, 0.05) is 13.1 Å². The summed E-state index contributed by atoms with van der Waals surface area (Å²) in [4.78, 5) is 16.9. The summed E-state index contributed by atoms with van der Waals surface area (Å²) in [6.45, 7) is 8.46. The van der Waals surface area contributed by atoms with E-state index in [4.69, 9.17) is 0 Å². The largest absolute Gasteiger partial charge is 0.341 e. The first-order valence-corrected chi connectivity index (χ1v) is 7.66. The second kappa shape index (κ2) is 9.19. The molecule has 0 aromatic heterocycles. The van der Waals surface area contributed by atoms with Crippen molar-refractivity contribution in [1.29, 1.82) is 0 Å². The fourth-order valence-electron chi connectivity index (χ4n) is 3.73. The van der Waals surface area contributed by atoms with E-state index < -0.39 is 0 Å². The molecule has 2 fully saturated rings. The third kappa shape index (κ3) is 4.98. The van der Waals surface area contributed by atoms with Crippen LogP contribution in [0, 0.1) is 17.8 Å². The van der Waals surface area contributed by atoms with Crippen molar-refractivity contribution in [1.82, 2.24) is 15.1 Å². The van der Waals surface area contributed by atoms with Gasteiger partial charge in [0.2, 0.25) is 5.91 Å². The van der Waals surface area contributed by atoms with Gasteiger partial charge in [-0.3, -0.25) is 9.69 Å². The number of carbonyl (C=O) groups excluding carboxylic acids is 1. The summed E-state index contributed by atoms with van der Waals surface area (Å²) in [5, 5.41) is 3.48. The molecule has 1 N–H and O–H groups in total. The van der Waals surface area contributed by atoms with E-state index in [9.17, 15) is 4.79 Å². The van der Waals surface area contributed by atoms with Crippen molar-refractivity contribution in [2.75, 3.05) is 40.3 Å². The Hall–Kier alpha value is -0.0300.